The van der Waals surface area contributed by atoms with E-state index in [4.69, 9.17) is 16.0 Å². The van der Waals surface area contributed by atoms with E-state index in [0.29, 0.717) is 29.5 Å². The summed E-state index contributed by atoms with van der Waals surface area (Å²) in [5.74, 6) is 1.40. The Morgan fingerprint density at radius 1 is 1.04 bits per heavy atom. The van der Waals surface area contributed by atoms with E-state index in [0.717, 1.165) is 37.4 Å². The number of pyridine rings is 1. The second-order valence-corrected chi connectivity index (χ2v) is 7.13. The Labute approximate surface area is 168 Å². The van der Waals surface area contributed by atoms with Gasteiger partial charge in [-0.15, -0.1) is 0 Å². The molecule has 1 saturated heterocycles. The number of hydrogen-bond acceptors (Lipinski definition) is 5. The minimum atomic E-state index is 0.139. The lowest BCUT2D eigenvalue weighted by atomic mass is 10.2. The lowest BCUT2D eigenvalue weighted by molar-refractivity contribution is -0.131. The molecule has 0 radical (unpaired) electrons. The molecule has 0 bridgehead atoms. The molecule has 1 aliphatic rings. The van der Waals surface area contributed by atoms with E-state index < -0.39 is 0 Å². The lowest BCUT2D eigenvalue weighted by Crippen LogP contribution is -2.48. The van der Waals surface area contributed by atoms with Crippen LogP contribution in [0.2, 0.25) is 5.02 Å². The average molecular weight is 397 g/mol. The Morgan fingerprint density at radius 3 is 2.46 bits per heavy atom. The summed E-state index contributed by atoms with van der Waals surface area (Å²) in [5, 5.41) is 0.679. The summed E-state index contributed by atoms with van der Waals surface area (Å²) >= 11 is 5.91. The smallest absolute Gasteiger partial charge is 0.223 e. The highest BCUT2D eigenvalue weighted by atomic mass is 35.5. The molecular formula is C21H21ClN4O2. The number of hydrogen-bond donors (Lipinski definition) is 0. The molecule has 1 fully saturated rings. The van der Waals surface area contributed by atoms with Gasteiger partial charge in [-0.25, -0.2) is 4.98 Å². The summed E-state index contributed by atoms with van der Waals surface area (Å²) < 4.78 is 5.78. The van der Waals surface area contributed by atoms with Crippen LogP contribution in [0, 0.1) is 0 Å². The van der Waals surface area contributed by atoms with Gasteiger partial charge in [-0.3, -0.25) is 9.78 Å². The van der Waals surface area contributed by atoms with Crippen molar-refractivity contribution in [2.45, 2.75) is 12.8 Å². The van der Waals surface area contributed by atoms with Gasteiger partial charge in [0.15, 0.2) is 11.7 Å². The summed E-state index contributed by atoms with van der Waals surface area (Å²) in [6, 6.07) is 11.4. The molecule has 7 heteroatoms. The third-order valence-corrected chi connectivity index (χ3v) is 5.15. The number of piperazine rings is 1. The highest BCUT2D eigenvalue weighted by Crippen LogP contribution is 2.23. The zero-order valence-electron chi connectivity index (χ0n) is 15.4. The zero-order chi connectivity index (χ0) is 19.3. The summed E-state index contributed by atoms with van der Waals surface area (Å²) in [4.78, 5) is 25.1. The maximum atomic E-state index is 12.5. The van der Waals surface area contributed by atoms with E-state index in [1.54, 1.807) is 18.6 Å². The van der Waals surface area contributed by atoms with Crippen LogP contribution in [0.15, 0.2) is 59.4 Å². The van der Waals surface area contributed by atoms with Crippen LogP contribution >= 0.6 is 11.6 Å². The van der Waals surface area contributed by atoms with Crippen molar-refractivity contribution in [2.24, 2.45) is 0 Å². The first kappa shape index (κ1) is 18.5. The number of amides is 1. The van der Waals surface area contributed by atoms with Crippen molar-refractivity contribution in [3.05, 3.63) is 65.9 Å². The Balaban J connectivity index is 1.28. The minimum Gasteiger partial charge on any atom is -0.441 e. The predicted octanol–water partition coefficient (Wildman–Crippen LogP) is 3.67. The van der Waals surface area contributed by atoms with Gasteiger partial charge in [-0.05, 0) is 36.4 Å². The van der Waals surface area contributed by atoms with Gasteiger partial charge in [0, 0.05) is 67.7 Å². The zero-order valence-corrected chi connectivity index (χ0v) is 16.2. The molecular weight excluding hydrogens is 376 g/mol. The van der Waals surface area contributed by atoms with Crippen molar-refractivity contribution in [3.63, 3.8) is 0 Å². The van der Waals surface area contributed by atoms with E-state index >= 15 is 0 Å². The molecule has 144 valence electrons. The first-order valence-electron chi connectivity index (χ1n) is 9.32. The maximum absolute atomic E-state index is 12.5. The number of halogens is 1. The third kappa shape index (κ3) is 4.34. The number of aryl methyl sites for hydroxylation is 1. The monoisotopic (exact) mass is 396 g/mol. The topological polar surface area (TPSA) is 62.5 Å². The summed E-state index contributed by atoms with van der Waals surface area (Å²) in [5.41, 5.74) is 2.07. The number of anilines is 1. The Bertz CT molecular complexity index is 919. The fourth-order valence-electron chi connectivity index (χ4n) is 3.31. The molecule has 1 amide bonds. The van der Waals surface area contributed by atoms with Crippen molar-refractivity contribution < 1.29 is 9.21 Å². The molecule has 0 unspecified atom stereocenters. The molecule has 1 aromatic carbocycles. The standard InChI is InChI=1S/C21H21ClN4O2/c22-17-3-1-16(2-4-17)19-15-24-20(28-19)5-6-21(27)26-13-11-25(12-14-26)18-7-9-23-10-8-18/h1-4,7-10,15H,5-6,11-14H2. The highest BCUT2D eigenvalue weighted by Gasteiger charge is 2.21. The number of nitrogens with zero attached hydrogens (tertiary/aromatic N) is 4. The molecule has 3 heterocycles. The largest absolute Gasteiger partial charge is 0.441 e. The molecule has 3 aromatic rings. The van der Waals surface area contributed by atoms with Gasteiger partial charge in [0.1, 0.15) is 0 Å². The van der Waals surface area contributed by atoms with Crippen LogP contribution in [-0.4, -0.2) is 47.0 Å². The molecule has 28 heavy (non-hydrogen) atoms. The van der Waals surface area contributed by atoms with Gasteiger partial charge in [0.25, 0.3) is 0 Å². The van der Waals surface area contributed by atoms with Gasteiger partial charge in [0.05, 0.1) is 6.20 Å². The number of carbonyl (C=O) groups excluding carboxylic acids is 1. The van der Waals surface area contributed by atoms with Crippen molar-refractivity contribution in [1.82, 2.24) is 14.9 Å². The van der Waals surface area contributed by atoms with E-state index in [9.17, 15) is 4.79 Å². The van der Waals surface area contributed by atoms with Crippen LogP contribution in [0.5, 0.6) is 0 Å². The average Bonchev–Trinajstić information content (AvgIpc) is 3.22. The first-order chi connectivity index (χ1) is 13.7. The fourth-order valence-corrected chi connectivity index (χ4v) is 3.44. The second kappa shape index (κ2) is 8.44. The van der Waals surface area contributed by atoms with Gasteiger partial charge >= 0.3 is 0 Å². The predicted molar refractivity (Wildman–Crippen MR) is 108 cm³/mol. The normalized spacial score (nSPS) is 14.3. The number of benzene rings is 1. The SMILES string of the molecule is O=C(CCc1ncc(-c2ccc(Cl)cc2)o1)N1CCN(c2ccncc2)CC1. The molecule has 0 atom stereocenters. The molecule has 0 saturated carbocycles. The summed E-state index contributed by atoms with van der Waals surface area (Å²) in [6.07, 6.45) is 6.17. The van der Waals surface area contributed by atoms with Gasteiger partial charge in [-0.1, -0.05) is 11.6 Å². The molecule has 4 rings (SSSR count). The minimum absolute atomic E-state index is 0.139. The van der Waals surface area contributed by atoms with Crippen LogP contribution in [0.3, 0.4) is 0 Å². The van der Waals surface area contributed by atoms with Crippen molar-refractivity contribution >= 4 is 23.2 Å². The van der Waals surface area contributed by atoms with Gasteiger partial charge in [0.2, 0.25) is 5.91 Å². The first-order valence-corrected chi connectivity index (χ1v) is 9.70. The van der Waals surface area contributed by atoms with Crippen LogP contribution in [0.25, 0.3) is 11.3 Å². The van der Waals surface area contributed by atoms with Crippen LogP contribution in [0.4, 0.5) is 5.69 Å². The molecule has 6 nitrogen and oxygen atoms in total. The highest BCUT2D eigenvalue weighted by molar-refractivity contribution is 6.30. The van der Waals surface area contributed by atoms with Crippen molar-refractivity contribution in [2.75, 3.05) is 31.1 Å². The molecule has 0 spiro atoms. The number of carbonyl (C=O) groups is 1. The van der Waals surface area contributed by atoms with Crippen LogP contribution < -0.4 is 4.90 Å². The van der Waals surface area contributed by atoms with E-state index in [-0.39, 0.29) is 5.91 Å². The number of rotatable bonds is 5. The Kier molecular flexibility index (Phi) is 5.58. The third-order valence-electron chi connectivity index (χ3n) is 4.90. The number of oxazole rings is 1. The van der Waals surface area contributed by atoms with Gasteiger partial charge in [-0.2, -0.15) is 0 Å². The van der Waals surface area contributed by atoms with E-state index in [2.05, 4.69) is 14.9 Å². The van der Waals surface area contributed by atoms with Crippen LogP contribution in [0.1, 0.15) is 12.3 Å². The quantitative estimate of drug-likeness (QED) is 0.658. The molecule has 0 aliphatic carbocycles. The Hall–Kier alpha value is -2.86. The van der Waals surface area contributed by atoms with Crippen molar-refractivity contribution in [3.8, 4) is 11.3 Å². The van der Waals surface area contributed by atoms with Crippen molar-refractivity contribution in [1.29, 1.82) is 0 Å². The summed E-state index contributed by atoms with van der Waals surface area (Å²) in [6.45, 7) is 3.11. The van der Waals surface area contributed by atoms with E-state index in [1.807, 2.05) is 41.3 Å². The van der Waals surface area contributed by atoms with E-state index in [1.165, 1.54) is 0 Å². The maximum Gasteiger partial charge on any atom is 0.223 e. The van der Waals surface area contributed by atoms with Gasteiger partial charge < -0.3 is 14.2 Å². The molecule has 1 aliphatic heterocycles. The molecule has 2 aromatic heterocycles. The second-order valence-electron chi connectivity index (χ2n) is 6.70. The lowest BCUT2D eigenvalue weighted by Gasteiger charge is -2.36. The number of aromatic nitrogens is 2. The summed E-state index contributed by atoms with van der Waals surface area (Å²) in [7, 11) is 0. The fraction of sp³-hybridized carbons (Fsp3) is 0.286. The van der Waals surface area contributed by atoms with Crippen LogP contribution in [-0.2, 0) is 11.2 Å². The molecule has 0 N–H and O–H groups in total. The Morgan fingerprint density at radius 2 is 1.75 bits per heavy atom.